The Labute approximate surface area is 134 Å². The summed E-state index contributed by atoms with van der Waals surface area (Å²) in [5, 5.41) is 5.86. The molecule has 2 aromatic carbocycles. The highest BCUT2D eigenvalue weighted by Gasteiger charge is 2.09. The summed E-state index contributed by atoms with van der Waals surface area (Å²) in [6, 6.07) is 12.4. The Morgan fingerprint density at radius 2 is 1.73 bits per heavy atom. The van der Waals surface area contributed by atoms with Crippen LogP contribution in [-0.2, 0) is 4.79 Å². The fourth-order valence-electron chi connectivity index (χ4n) is 1.89. The molecule has 0 saturated carbocycles. The summed E-state index contributed by atoms with van der Waals surface area (Å²) in [4.78, 5) is 23.8. The largest absolute Gasteiger partial charge is 0.343 e. The zero-order valence-electron chi connectivity index (χ0n) is 12.4. The van der Waals surface area contributed by atoms with Gasteiger partial charge in [0.25, 0.3) is 5.91 Å². The Morgan fingerprint density at radius 3 is 2.41 bits per heavy atom. The van der Waals surface area contributed by atoms with Crippen molar-refractivity contribution in [3.63, 3.8) is 0 Å². The molecule has 114 valence electrons. The summed E-state index contributed by atoms with van der Waals surface area (Å²) < 4.78 is 0. The van der Waals surface area contributed by atoms with Gasteiger partial charge in [0.1, 0.15) is 0 Å². The van der Waals surface area contributed by atoms with Crippen molar-refractivity contribution in [3.8, 4) is 0 Å². The van der Waals surface area contributed by atoms with Crippen molar-refractivity contribution >= 4 is 29.1 Å². The van der Waals surface area contributed by atoms with Crippen LogP contribution in [0.1, 0.15) is 21.5 Å². The van der Waals surface area contributed by atoms with Gasteiger partial charge in [-0.25, -0.2) is 0 Å². The highest BCUT2D eigenvalue weighted by atomic mass is 35.5. The summed E-state index contributed by atoms with van der Waals surface area (Å²) >= 11 is 5.90. The van der Waals surface area contributed by atoms with Crippen LogP contribution < -0.4 is 10.6 Å². The van der Waals surface area contributed by atoms with Crippen LogP contribution in [0.15, 0.2) is 42.5 Å². The molecule has 0 atom stereocenters. The molecule has 2 amide bonds. The Morgan fingerprint density at radius 1 is 1.05 bits per heavy atom. The Balaban J connectivity index is 1.91. The van der Waals surface area contributed by atoms with Crippen molar-refractivity contribution in [3.05, 3.63) is 64.2 Å². The van der Waals surface area contributed by atoms with Crippen molar-refractivity contribution in [2.24, 2.45) is 0 Å². The van der Waals surface area contributed by atoms with E-state index < -0.39 is 0 Å². The first-order valence-electron chi connectivity index (χ1n) is 6.86. The summed E-state index contributed by atoms with van der Waals surface area (Å²) in [7, 11) is 0. The smallest absolute Gasteiger partial charge is 0.251 e. The molecule has 5 heteroatoms. The van der Waals surface area contributed by atoms with Crippen molar-refractivity contribution in [2.45, 2.75) is 13.8 Å². The summed E-state index contributed by atoms with van der Waals surface area (Å²) in [5.41, 5.74) is 3.15. The number of hydrogen-bond acceptors (Lipinski definition) is 2. The van der Waals surface area contributed by atoms with Crippen molar-refractivity contribution in [2.75, 3.05) is 11.9 Å². The number of carbonyl (C=O) groups excluding carboxylic acids is 2. The average molecular weight is 317 g/mol. The zero-order valence-corrected chi connectivity index (χ0v) is 13.2. The Bertz CT molecular complexity index is 696. The van der Waals surface area contributed by atoms with Gasteiger partial charge in [0, 0.05) is 16.3 Å². The van der Waals surface area contributed by atoms with Gasteiger partial charge >= 0.3 is 0 Å². The van der Waals surface area contributed by atoms with Crippen LogP contribution in [-0.4, -0.2) is 18.4 Å². The minimum absolute atomic E-state index is 0.0985. The van der Waals surface area contributed by atoms with E-state index in [1.54, 1.807) is 24.3 Å². The number of carbonyl (C=O) groups is 2. The number of amides is 2. The molecule has 0 aliphatic carbocycles. The highest BCUT2D eigenvalue weighted by Crippen LogP contribution is 2.19. The molecule has 0 fully saturated rings. The molecule has 0 heterocycles. The quantitative estimate of drug-likeness (QED) is 0.909. The monoisotopic (exact) mass is 316 g/mol. The number of benzene rings is 2. The molecule has 22 heavy (non-hydrogen) atoms. The van der Waals surface area contributed by atoms with E-state index in [1.165, 1.54) is 0 Å². The van der Waals surface area contributed by atoms with Crippen LogP contribution in [0.5, 0.6) is 0 Å². The zero-order chi connectivity index (χ0) is 16.1. The molecule has 2 aromatic rings. The standard InChI is InChI=1S/C17H17ClN2O2/c1-11-3-6-13(7-4-11)17(22)19-10-16(21)20-15-9-14(18)8-5-12(15)2/h3-9H,10H2,1-2H3,(H,19,22)(H,20,21). The summed E-state index contributed by atoms with van der Waals surface area (Å²) in [6.07, 6.45) is 0. The fourth-order valence-corrected chi connectivity index (χ4v) is 2.06. The molecule has 0 aromatic heterocycles. The van der Waals surface area contributed by atoms with Gasteiger partial charge in [-0.3, -0.25) is 9.59 Å². The third-order valence-electron chi connectivity index (χ3n) is 3.20. The lowest BCUT2D eigenvalue weighted by atomic mass is 10.1. The van der Waals surface area contributed by atoms with Gasteiger partial charge in [-0.05, 0) is 43.7 Å². The second-order valence-electron chi connectivity index (χ2n) is 5.06. The third-order valence-corrected chi connectivity index (χ3v) is 3.43. The molecule has 0 saturated heterocycles. The van der Waals surface area contributed by atoms with Gasteiger partial charge in [-0.15, -0.1) is 0 Å². The second-order valence-corrected chi connectivity index (χ2v) is 5.49. The van der Waals surface area contributed by atoms with Crippen molar-refractivity contribution in [1.82, 2.24) is 5.32 Å². The molecule has 0 bridgehead atoms. The maximum absolute atomic E-state index is 11.9. The predicted octanol–water partition coefficient (Wildman–Crippen LogP) is 3.33. The van der Waals surface area contributed by atoms with Gasteiger partial charge in [0.2, 0.25) is 5.91 Å². The van der Waals surface area contributed by atoms with Crippen molar-refractivity contribution in [1.29, 1.82) is 0 Å². The molecule has 2 N–H and O–H groups in total. The van der Waals surface area contributed by atoms with Crippen molar-refractivity contribution < 1.29 is 9.59 Å². The molecular formula is C17H17ClN2O2. The first-order valence-corrected chi connectivity index (χ1v) is 7.24. The van der Waals surface area contributed by atoms with Crippen LogP contribution in [0, 0.1) is 13.8 Å². The lowest BCUT2D eigenvalue weighted by Crippen LogP contribution is -2.33. The number of anilines is 1. The van der Waals surface area contributed by atoms with Gasteiger partial charge in [0.05, 0.1) is 6.54 Å². The highest BCUT2D eigenvalue weighted by molar-refractivity contribution is 6.31. The van der Waals surface area contributed by atoms with E-state index in [4.69, 9.17) is 11.6 Å². The average Bonchev–Trinajstić information content (AvgIpc) is 2.49. The number of rotatable bonds is 4. The first kappa shape index (κ1) is 16.0. The third kappa shape index (κ3) is 4.33. The summed E-state index contributed by atoms with van der Waals surface area (Å²) in [6.45, 7) is 3.72. The number of aryl methyl sites for hydroxylation is 2. The van der Waals surface area contributed by atoms with E-state index in [1.807, 2.05) is 32.0 Å². The topological polar surface area (TPSA) is 58.2 Å². The van der Waals surface area contributed by atoms with E-state index in [0.29, 0.717) is 16.3 Å². The second kappa shape index (κ2) is 7.09. The molecule has 0 aliphatic heterocycles. The van der Waals surface area contributed by atoms with Gasteiger partial charge in [0.15, 0.2) is 0 Å². The maximum Gasteiger partial charge on any atom is 0.251 e. The molecular weight excluding hydrogens is 300 g/mol. The lowest BCUT2D eigenvalue weighted by molar-refractivity contribution is -0.115. The van der Waals surface area contributed by atoms with E-state index in [2.05, 4.69) is 10.6 Å². The summed E-state index contributed by atoms with van der Waals surface area (Å²) in [5.74, 6) is -0.580. The van der Waals surface area contributed by atoms with Crippen LogP contribution in [0.4, 0.5) is 5.69 Å². The maximum atomic E-state index is 11.9. The number of halogens is 1. The molecule has 0 aliphatic rings. The van der Waals surface area contributed by atoms with Gasteiger partial charge in [-0.2, -0.15) is 0 Å². The minimum atomic E-state index is -0.300. The molecule has 0 spiro atoms. The van der Waals surface area contributed by atoms with Crippen LogP contribution in [0.3, 0.4) is 0 Å². The van der Waals surface area contributed by atoms with E-state index in [0.717, 1.165) is 11.1 Å². The first-order chi connectivity index (χ1) is 10.5. The van der Waals surface area contributed by atoms with Crippen LogP contribution in [0.25, 0.3) is 0 Å². The molecule has 0 unspecified atom stereocenters. The van der Waals surface area contributed by atoms with Crippen LogP contribution in [0.2, 0.25) is 5.02 Å². The van der Waals surface area contributed by atoms with Gasteiger partial charge < -0.3 is 10.6 Å². The van der Waals surface area contributed by atoms with E-state index in [-0.39, 0.29) is 18.4 Å². The van der Waals surface area contributed by atoms with Gasteiger partial charge in [-0.1, -0.05) is 35.4 Å². The SMILES string of the molecule is Cc1ccc(C(=O)NCC(=O)Nc2cc(Cl)ccc2C)cc1. The Kier molecular flexibility index (Phi) is 5.17. The lowest BCUT2D eigenvalue weighted by Gasteiger charge is -2.10. The molecule has 4 nitrogen and oxygen atoms in total. The fraction of sp³-hybridized carbons (Fsp3) is 0.176. The predicted molar refractivity (Wildman–Crippen MR) is 88.3 cm³/mol. The molecule has 0 radical (unpaired) electrons. The minimum Gasteiger partial charge on any atom is -0.343 e. The van der Waals surface area contributed by atoms with E-state index in [9.17, 15) is 9.59 Å². The number of nitrogens with one attached hydrogen (secondary N) is 2. The molecule has 2 rings (SSSR count). The Hall–Kier alpha value is -2.33. The van der Waals surface area contributed by atoms with Crippen LogP contribution >= 0.6 is 11.6 Å². The number of hydrogen-bond donors (Lipinski definition) is 2. The van der Waals surface area contributed by atoms with E-state index >= 15 is 0 Å². The normalized spacial score (nSPS) is 10.1.